The number of fused-ring (bicyclic) bond motifs is 1. The van der Waals surface area contributed by atoms with E-state index in [1.165, 1.54) is 4.31 Å². The molecule has 112 valence electrons. The minimum Gasteiger partial charge on any atom is -0.486 e. The molecular weight excluding hydrogens is 280 g/mol. The summed E-state index contributed by atoms with van der Waals surface area (Å²) in [6.07, 6.45) is -0.324. The van der Waals surface area contributed by atoms with Crippen LogP contribution in [0.2, 0.25) is 0 Å². The molecule has 1 aromatic carbocycles. The maximum Gasteiger partial charge on any atom is 0.279 e. The van der Waals surface area contributed by atoms with Gasteiger partial charge in [0.25, 0.3) is 10.2 Å². The Labute approximate surface area is 119 Å². The molecule has 0 aliphatic carbocycles. The van der Waals surface area contributed by atoms with Crippen LogP contribution in [0.25, 0.3) is 0 Å². The monoisotopic (exact) mass is 300 g/mol. The average Bonchev–Trinajstić information content (AvgIpc) is 2.46. The molecule has 1 atom stereocenters. The van der Waals surface area contributed by atoms with Crippen molar-refractivity contribution in [2.45, 2.75) is 20.0 Å². The van der Waals surface area contributed by atoms with E-state index in [4.69, 9.17) is 9.47 Å². The molecule has 1 N–H and O–H groups in total. The first-order valence-corrected chi connectivity index (χ1v) is 8.14. The fourth-order valence-corrected chi connectivity index (χ4v) is 3.28. The van der Waals surface area contributed by atoms with Gasteiger partial charge in [-0.25, -0.2) is 0 Å². The highest BCUT2D eigenvalue weighted by molar-refractivity contribution is 7.87. The number of rotatable bonds is 6. The first kappa shape index (κ1) is 15.1. The molecule has 1 aliphatic heterocycles. The van der Waals surface area contributed by atoms with E-state index in [9.17, 15) is 8.42 Å². The van der Waals surface area contributed by atoms with Gasteiger partial charge in [-0.2, -0.15) is 17.4 Å². The Bertz CT molecular complexity index is 543. The van der Waals surface area contributed by atoms with Gasteiger partial charge in [-0.15, -0.1) is 0 Å². The van der Waals surface area contributed by atoms with Crippen LogP contribution in [0, 0.1) is 0 Å². The Balaban J connectivity index is 1.93. The van der Waals surface area contributed by atoms with Gasteiger partial charge in [0.2, 0.25) is 0 Å². The maximum atomic E-state index is 12.0. The predicted octanol–water partition coefficient (Wildman–Crippen LogP) is 1.00. The third-order valence-electron chi connectivity index (χ3n) is 3.11. The number of hydrogen-bond acceptors (Lipinski definition) is 4. The van der Waals surface area contributed by atoms with Crippen LogP contribution in [0.4, 0.5) is 0 Å². The zero-order valence-corrected chi connectivity index (χ0v) is 12.5. The molecule has 6 nitrogen and oxygen atoms in total. The largest absolute Gasteiger partial charge is 0.486 e. The van der Waals surface area contributed by atoms with Gasteiger partial charge in [0, 0.05) is 13.1 Å². The standard InChI is InChI=1S/C13H20N2O4S/c1-3-15(4-2)20(16,17)14-9-11-10-18-12-7-5-6-8-13(12)19-11/h5-8,11,14H,3-4,9-10H2,1-2H3. The lowest BCUT2D eigenvalue weighted by atomic mass is 10.2. The Morgan fingerprint density at radius 2 is 1.90 bits per heavy atom. The average molecular weight is 300 g/mol. The van der Waals surface area contributed by atoms with Crippen LogP contribution in [0.1, 0.15) is 13.8 Å². The quantitative estimate of drug-likeness (QED) is 0.851. The maximum absolute atomic E-state index is 12.0. The normalized spacial score (nSPS) is 18.2. The highest BCUT2D eigenvalue weighted by atomic mass is 32.2. The fraction of sp³-hybridized carbons (Fsp3) is 0.538. The van der Waals surface area contributed by atoms with Gasteiger partial charge in [0.05, 0.1) is 6.54 Å². The van der Waals surface area contributed by atoms with Crippen molar-refractivity contribution in [3.63, 3.8) is 0 Å². The minimum atomic E-state index is -3.45. The lowest BCUT2D eigenvalue weighted by Crippen LogP contribution is -2.46. The van der Waals surface area contributed by atoms with Crippen LogP contribution in [-0.4, -0.2) is 45.1 Å². The van der Waals surface area contributed by atoms with Gasteiger partial charge in [-0.05, 0) is 12.1 Å². The molecule has 0 saturated heterocycles. The van der Waals surface area contributed by atoms with Crippen molar-refractivity contribution in [1.82, 2.24) is 9.03 Å². The number of nitrogens with zero attached hydrogens (tertiary/aromatic N) is 1. The van der Waals surface area contributed by atoms with E-state index in [0.29, 0.717) is 31.2 Å². The Morgan fingerprint density at radius 3 is 2.55 bits per heavy atom. The van der Waals surface area contributed by atoms with Crippen molar-refractivity contribution < 1.29 is 17.9 Å². The molecule has 0 bridgehead atoms. The Morgan fingerprint density at radius 1 is 1.25 bits per heavy atom. The van der Waals surface area contributed by atoms with Crippen molar-refractivity contribution in [1.29, 1.82) is 0 Å². The molecule has 0 saturated carbocycles. The second-order valence-electron chi connectivity index (χ2n) is 4.44. The highest BCUT2D eigenvalue weighted by Gasteiger charge is 2.24. The van der Waals surface area contributed by atoms with Crippen LogP contribution in [-0.2, 0) is 10.2 Å². The van der Waals surface area contributed by atoms with E-state index in [1.807, 2.05) is 18.2 Å². The van der Waals surface area contributed by atoms with Crippen molar-refractivity contribution in [2.24, 2.45) is 0 Å². The Hall–Kier alpha value is -1.31. The molecule has 0 fully saturated rings. The van der Waals surface area contributed by atoms with Gasteiger partial charge in [-0.1, -0.05) is 26.0 Å². The number of nitrogens with one attached hydrogen (secondary N) is 1. The molecular formula is C13H20N2O4S. The summed E-state index contributed by atoms with van der Waals surface area (Å²) in [6.45, 7) is 5.01. The van der Waals surface area contributed by atoms with Crippen molar-refractivity contribution in [2.75, 3.05) is 26.2 Å². The fourth-order valence-electron chi connectivity index (χ4n) is 2.02. The molecule has 1 heterocycles. The molecule has 0 spiro atoms. The van der Waals surface area contributed by atoms with E-state index < -0.39 is 10.2 Å². The van der Waals surface area contributed by atoms with Crippen LogP contribution < -0.4 is 14.2 Å². The third kappa shape index (κ3) is 3.41. The molecule has 20 heavy (non-hydrogen) atoms. The van der Waals surface area contributed by atoms with E-state index in [1.54, 1.807) is 19.9 Å². The van der Waals surface area contributed by atoms with Gasteiger partial charge in [0.15, 0.2) is 11.5 Å². The lowest BCUT2D eigenvalue weighted by Gasteiger charge is -2.27. The minimum absolute atomic E-state index is 0.188. The van der Waals surface area contributed by atoms with Crippen molar-refractivity contribution in [3.8, 4) is 11.5 Å². The summed E-state index contributed by atoms with van der Waals surface area (Å²) in [5.41, 5.74) is 0. The smallest absolute Gasteiger partial charge is 0.279 e. The van der Waals surface area contributed by atoms with Crippen LogP contribution in [0.3, 0.4) is 0 Å². The molecule has 0 radical (unpaired) electrons. The van der Waals surface area contributed by atoms with Crippen LogP contribution >= 0.6 is 0 Å². The molecule has 1 aliphatic rings. The third-order valence-corrected chi connectivity index (χ3v) is 4.83. The summed E-state index contributed by atoms with van der Waals surface area (Å²) in [5, 5.41) is 0. The summed E-state index contributed by atoms with van der Waals surface area (Å²) >= 11 is 0. The summed E-state index contributed by atoms with van der Waals surface area (Å²) in [6, 6.07) is 7.35. The van der Waals surface area contributed by atoms with Gasteiger partial charge < -0.3 is 9.47 Å². The summed E-state index contributed by atoms with van der Waals surface area (Å²) < 4.78 is 39.2. The van der Waals surface area contributed by atoms with Gasteiger partial charge in [0.1, 0.15) is 12.7 Å². The van der Waals surface area contributed by atoms with Crippen molar-refractivity contribution in [3.05, 3.63) is 24.3 Å². The first-order valence-electron chi connectivity index (χ1n) is 6.70. The second-order valence-corrected chi connectivity index (χ2v) is 6.19. The number of benzene rings is 1. The molecule has 1 unspecified atom stereocenters. The molecule has 7 heteroatoms. The lowest BCUT2D eigenvalue weighted by molar-refractivity contribution is 0.0940. The zero-order valence-electron chi connectivity index (χ0n) is 11.7. The van der Waals surface area contributed by atoms with E-state index in [-0.39, 0.29) is 12.6 Å². The van der Waals surface area contributed by atoms with Crippen LogP contribution in [0.15, 0.2) is 24.3 Å². The SMILES string of the molecule is CCN(CC)S(=O)(=O)NCC1COc2ccccc2O1. The second kappa shape index (κ2) is 6.43. The summed E-state index contributed by atoms with van der Waals surface area (Å²) in [7, 11) is -3.45. The summed E-state index contributed by atoms with van der Waals surface area (Å²) in [4.78, 5) is 0. The molecule has 1 aromatic rings. The number of para-hydroxylation sites is 2. The highest BCUT2D eigenvalue weighted by Crippen LogP contribution is 2.30. The van der Waals surface area contributed by atoms with Crippen molar-refractivity contribution >= 4 is 10.2 Å². The van der Waals surface area contributed by atoms with Crippen LogP contribution in [0.5, 0.6) is 11.5 Å². The molecule has 0 aromatic heterocycles. The molecule has 2 rings (SSSR count). The summed E-state index contributed by atoms with van der Waals surface area (Å²) in [5.74, 6) is 1.33. The number of ether oxygens (including phenoxy) is 2. The molecule has 0 amide bonds. The van der Waals surface area contributed by atoms with E-state index in [2.05, 4.69) is 4.72 Å². The van der Waals surface area contributed by atoms with E-state index in [0.717, 1.165) is 0 Å². The Kier molecular flexibility index (Phi) is 4.85. The predicted molar refractivity (Wildman–Crippen MR) is 76.2 cm³/mol. The number of hydrogen-bond donors (Lipinski definition) is 1. The topological polar surface area (TPSA) is 67.9 Å². The van der Waals surface area contributed by atoms with Gasteiger partial charge in [-0.3, -0.25) is 0 Å². The first-order chi connectivity index (χ1) is 9.56. The van der Waals surface area contributed by atoms with Gasteiger partial charge >= 0.3 is 0 Å². The zero-order chi connectivity index (χ0) is 14.6. The van der Waals surface area contributed by atoms with E-state index >= 15 is 0 Å².